The van der Waals surface area contributed by atoms with Crippen molar-refractivity contribution in [1.82, 2.24) is 5.32 Å². The molecule has 0 heterocycles. The normalized spacial score (nSPS) is 12.6. The monoisotopic (exact) mass is 382 g/mol. The fourth-order valence-electron chi connectivity index (χ4n) is 2.98. The third-order valence-corrected chi connectivity index (χ3v) is 5.86. The van der Waals surface area contributed by atoms with E-state index in [-0.39, 0.29) is 5.91 Å². The van der Waals surface area contributed by atoms with Gasteiger partial charge in [-0.3, -0.25) is 9.10 Å². The standard InChI is InChI=1S/C20H34N2O3S/c1-5-7-12-18(6-2)16-21-20(23)14-10-15-22(26(4,24)25)19-13-9-8-11-17(19)3/h8-9,11,13,18H,5-7,10,12,14-16H2,1-4H3,(H,21,23)/t18-/m1/s1. The Hall–Kier alpha value is -1.56. The Morgan fingerprint density at radius 2 is 1.88 bits per heavy atom. The fraction of sp³-hybridized carbons (Fsp3) is 0.650. The van der Waals surface area contributed by atoms with E-state index in [1.54, 1.807) is 6.07 Å². The summed E-state index contributed by atoms with van der Waals surface area (Å²) in [5.74, 6) is 0.525. The Balaban J connectivity index is 2.53. The van der Waals surface area contributed by atoms with Gasteiger partial charge in [-0.15, -0.1) is 0 Å². The first-order chi connectivity index (χ1) is 12.3. The second-order valence-corrected chi connectivity index (χ2v) is 8.85. The summed E-state index contributed by atoms with van der Waals surface area (Å²) in [6, 6.07) is 7.40. The Morgan fingerprint density at radius 3 is 2.46 bits per heavy atom. The summed E-state index contributed by atoms with van der Waals surface area (Å²) in [4.78, 5) is 12.1. The molecule has 6 heteroatoms. The minimum Gasteiger partial charge on any atom is -0.356 e. The number of anilines is 1. The van der Waals surface area contributed by atoms with Gasteiger partial charge in [-0.2, -0.15) is 0 Å². The van der Waals surface area contributed by atoms with Crippen molar-refractivity contribution in [3.05, 3.63) is 29.8 Å². The van der Waals surface area contributed by atoms with Gasteiger partial charge in [0.15, 0.2) is 0 Å². The first kappa shape index (κ1) is 22.5. The number of sulfonamides is 1. The molecule has 1 aromatic carbocycles. The lowest BCUT2D eigenvalue weighted by Crippen LogP contribution is -2.33. The molecule has 1 amide bonds. The number of carbonyl (C=O) groups is 1. The lowest BCUT2D eigenvalue weighted by molar-refractivity contribution is -0.121. The van der Waals surface area contributed by atoms with Crippen molar-refractivity contribution in [2.75, 3.05) is 23.7 Å². The van der Waals surface area contributed by atoms with E-state index in [9.17, 15) is 13.2 Å². The molecule has 0 aliphatic rings. The van der Waals surface area contributed by atoms with Crippen molar-refractivity contribution in [1.29, 1.82) is 0 Å². The maximum absolute atomic E-state index is 12.1. The molecular weight excluding hydrogens is 348 g/mol. The van der Waals surface area contributed by atoms with Crippen LogP contribution >= 0.6 is 0 Å². The zero-order valence-corrected chi connectivity index (χ0v) is 17.4. The van der Waals surface area contributed by atoms with Gasteiger partial charge in [0.1, 0.15) is 0 Å². The highest BCUT2D eigenvalue weighted by Gasteiger charge is 2.19. The number of rotatable bonds is 12. The van der Waals surface area contributed by atoms with Gasteiger partial charge in [-0.25, -0.2) is 8.42 Å². The number of nitrogens with zero attached hydrogens (tertiary/aromatic N) is 1. The van der Waals surface area contributed by atoms with Crippen LogP contribution in [-0.4, -0.2) is 33.7 Å². The summed E-state index contributed by atoms with van der Waals surface area (Å²) < 4.78 is 25.7. The van der Waals surface area contributed by atoms with E-state index < -0.39 is 10.0 Å². The van der Waals surface area contributed by atoms with E-state index in [4.69, 9.17) is 0 Å². The van der Waals surface area contributed by atoms with Crippen molar-refractivity contribution in [2.24, 2.45) is 5.92 Å². The first-order valence-corrected chi connectivity index (χ1v) is 11.4. The molecular formula is C20H34N2O3S. The van der Waals surface area contributed by atoms with Gasteiger partial charge in [0.05, 0.1) is 11.9 Å². The summed E-state index contributed by atoms with van der Waals surface area (Å²) in [6.45, 7) is 7.24. The van der Waals surface area contributed by atoms with E-state index in [0.717, 1.165) is 18.4 Å². The van der Waals surface area contributed by atoms with Crippen molar-refractivity contribution < 1.29 is 13.2 Å². The maximum atomic E-state index is 12.1. The molecule has 1 atom stereocenters. The molecule has 0 saturated carbocycles. The topological polar surface area (TPSA) is 66.5 Å². The second-order valence-electron chi connectivity index (χ2n) is 6.95. The number of carbonyl (C=O) groups excluding carboxylic acids is 1. The summed E-state index contributed by atoms with van der Waals surface area (Å²) in [5, 5.41) is 3.00. The van der Waals surface area contributed by atoms with Gasteiger partial charge in [0.25, 0.3) is 0 Å². The van der Waals surface area contributed by atoms with Crippen LogP contribution in [0.5, 0.6) is 0 Å². The van der Waals surface area contributed by atoms with Crippen LogP contribution in [0, 0.1) is 12.8 Å². The molecule has 0 aromatic heterocycles. The third-order valence-electron chi connectivity index (χ3n) is 4.68. The number of unbranched alkanes of at least 4 members (excludes halogenated alkanes) is 1. The van der Waals surface area contributed by atoms with Crippen LogP contribution in [-0.2, 0) is 14.8 Å². The van der Waals surface area contributed by atoms with E-state index in [2.05, 4.69) is 19.2 Å². The molecule has 0 aliphatic heterocycles. The second kappa shape index (κ2) is 11.2. The van der Waals surface area contributed by atoms with E-state index >= 15 is 0 Å². The van der Waals surface area contributed by atoms with Crippen LogP contribution in [0.3, 0.4) is 0 Å². The van der Waals surface area contributed by atoms with Crippen LogP contribution in [0.4, 0.5) is 5.69 Å². The van der Waals surface area contributed by atoms with E-state index in [0.29, 0.717) is 37.5 Å². The molecule has 148 valence electrons. The van der Waals surface area contributed by atoms with Crippen molar-refractivity contribution >= 4 is 21.6 Å². The average molecular weight is 383 g/mol. The lowest BCUT2D eigenvalue weighted by atomic mass is 9.99. The number of para-hydroxylation sites is 1. The molecule has 26 heavy (non-hydrogen) atoms. The highest BCUT2D eigenvalue weighted by atomic mass is 32.2. The van der Waals surface area contributed by atoms with Crippen LogP contribution in [0.2, 0.25) is 0 Å². The van der Waals surface area contributed by atoms with E-state index in [1.807, 2.05) is 25.1 Å². The van der Waals surface area contributed by atoms with Gasteiger partial charge >= 0.3 is 0 Å². The van der Waals surface area contributed by atoms with Crippen molar-refractivity contribution in [3.8, 4) is 0 Å². The number of amides is 1. The minimum absolute atomic E-state index is 0.00168. The molecule has 0 fully saturated rings. The number of hydrogen-bond acceptors (Lipinski definition) is 3. The SMILES string of the molecule is CCCC[C@@H](CC)CNC(=O)CCCN(c1ccccc1C)S(C)(=O)=O. The van der Waals surface area contributed by atoms with Crippen molar-refractivity contribution in [3.63, 3.8) is 0 Å². The Kier molecular flexibility index (Phi) is 9.70. The smallest absolute Gasteiger partial charge is 0.232 e. The molecule has 1 rings (SSSR count). The van der Waals surface area contributed by atoms with Crippen LogP contribution in [0.25, 0.3) is 0 Å². The molecule has 1 N–H and O–H groups in total. The van der Waals surface area contributed by atoms with Gasteiger partial charge < -0.3 is 5.32 Å². The number of aryl methyl sites for hydroxylation is 1. The lowest BCUT2D eigenvalue weighted by Gasteiger charge is -2.24. The maximum Gasteiger partial charge on any atom is 0.232 e. The van der Waals surface area contributed by atoms with Crippen molar-refractivity contribution in [2.45, 2.75) is 59.3 Å². The molecule has 5 nitrogen and oxygen atoms in total. The fourth-order valence-corrected chi connectivity index (χ4v) is 4.00. The zero-order chi connectivity index (χ0) is 19.6. The Bertz CT molecular complexity index is 659. The minimum atomic E-state index is -3.38. The molecule has 0 radical (unpaired) electrons. The van der Waals surface area contributed by atoms with Crippen LogP contribution in [0.1, 0.15) is 57.9 Å². The molecule has 0 saturated heterocycles. The zero-order valence-electron chi connectivity index (χ0n) is 16.6. The summed E-state index contributed by atoms with van der Waals surface area (Å²) in [5.41, 5.74) is 1.59. The van der Waals surface area contributed by atoms with Gasteiger partial charge in [0, 0.05) is 19.5 Å². The highest BCUT2D eigenvalue weighted by molar-refractivity contribution is 7.92. The van der Waals surface area contributed by atoms with Crippen LogP contribution in [0.15, 0.2) is 24.3 Å². The third kappa shape index (κ3) is 7.77. The summed E-state index contributed by atoms with van der Waals surface area (Å²) in [6.07, 6.45) is 6.61. The van der Waals surface area contributed by atoms with Crippen LogP contribution < -0.4 is 9.62 Å². The van der Waals surface area contributed by atoms with Gasteiger partial charge in [0.2, 0.25) is 15.9 Å². The number of benzene rings is 1. The van der Waals surface area contributed by atoms with E-state index in [1.165, 1.54) is 23.4 Å². The Labute approximate surface area is 159 Å². The molecule has 0 bridgehead atoms. The van der Waals surface area contributed by atoms with Gasteiger partial charge in [-0.1, -0.05) is 51.3 Å². The number of nitrogens with one attached hydrogen (secondary N) is 1. The quantitative estimate of drug-likeness (QED) is 0.597. The number of hydrogen-bond donors (Lipinski definition) is 1. The molecule has 0 unspecified atom stereocenters. The highest BCUT2D eigenvalue weighted by Crippen LogP contribution is 2.22. The summed E-state index contributed by atoms with van der Waals surface area (Å²) >= 11 is 0. The molecule has 1 aromatic rings. The molecule has 0 aliphatic carbocycles. The summed E-state index contributed by atoms with van der Waals surface area (Å²) in [7, 11) is -3.38. The van der Waals surface area contributed by atoms with Gasteiger partial charge in [-0.05, 0) is 37.3 Å². The predicted octanol–water partition coefficient (Wildman–Crippen LogP) is 3.87. The average Bonchev–Trinajstić information content (AvgIpc) is 2.59. The molecule has 0 spiro atoms. The predicted molar refractivity (Wildman–Crippen MR) is 109 cm³/mol. The first-order valence-electron chi connectivity index (χ1n) is 9.59. The Morgan fingerprint density at radius 1 is 1.19 bits per heavy atom. The largest absolute Gasteiger partial charge is 0.356 e.